The van der Waals surface area contributed by atoms with Crippen LogP contribution in [0.2, 0.25) is 0 Å². The van der Waals surface area contributed by atoms with Crippen LogP contribution >= 0.6 is 0 Å². The van der Waals surface area contributed by atoms with E-state index >= 15 is 0 Å². The quantitative estimate of drug-likeness (QED) is 0.521. The lowest BCUT2D eigenvalue weighted by molar-refractivity contribution is -0.139. The Kier molecular flexibility index (Phi) is 9.37. The maximum atomic E-state index is 13.6. The van der Waals surface area contributed by atoms with Gasteiger partial charge in [0.1, 0.15) is 18.3 Å². The third kappa shape index (κ3) is 7.46. The number of nitrogens with zero attached hydrogens (tertiary/aromatic N) is 2. The summed E-state index contributed by atoms with van der Waals surface area (Å²) >= 11 is 0. The lowest BCUT2D eigenvalue weighted by atomic mass is 9.95. The summed E-state index contributed by atoms with van der Waals surface area (Å²) in [6.07, 6.45) is 6.27. The van der Waals surface area contributed by atoms with Gasteiger partial charge in [0.05, 0.1) is 19.1 Å². The van der Waals surface area contributed by atoms with E-state index in [0.717, 1.165) is 47.4 Å². The SMILES string of the molecule is COc1ccc(N(CC(=O)N(Cc2cccc(C)c2)C(C)C(=O)NC2CCCCC2)S(C)(=O)=O)cc1. The molecule has 0 bridgehead atoms. The molecule has 3 rings (SSSR count). The number of hydrogen-bond donors (Lipinski definition) is 1. The average molecular weight is 516 g/mol. The maximum Gasteiger partial charge on any atom is 0.244 e. The molecule has 1 fully saturated rings. The van der Waals surface area contributed by atoms with Crippen molar-refractivity contribution in [2.24, 2.45) is 0 Å². The van der Waals surface area contributed by atoms with Crippen LogP contribution in [0.3, 0.4) is 0 Å². The molecular weight excluding hydrogens is 478 g/mol. The average Bonchev–Trinajstić information content (AvgIpc) is 2.85. The van der Waals surface area contributed by atoms with E-state index in [-0.39, 0.29) is 18.5 Å². The van der Waals surface area contributed by atoms with Crippen molar-refractivity contribution in [3.8, 4) is 5.75 Å². The summed E-state index contributed by atoms with van der Waals surface area (Å²) < 4.78 is 31.5. The molecule has 2 aromatic carbocycles. The van der Waals surface area contributed by atoms with Crippen LogP contribution in [0.5, 0.6) is 5.75 Å². The number of amides is 2. The summed E-state index contributed by atoms with van der Waals surface area (Å²) in [7, 11) is -2.25. The molecule has 1 N–H and O–H groups in total. The Morgan fingerprint density at radius 2 is 1.75 bits per heavy atom. The predicted octanol–water partition coefficient (Wildman–Crippen LogP) is 3.64. The van der Waals surface area contributed by atoms with E-state index in [2.05, 4.69) is 5.32 Å². The summed E-state index contributed by atoms with van der Waals surface area (Å²) in [5.41, 5.74) is 2.26. The molecule has 8 nitrogen and oxygen atoms in total. The van der Waals surface area contributed by atoms with Gasteiger partial charge in [-0.15, -0.1) is 0 Å². The van der Waals surface area contributed by atoms with E-state index < -0.39 is 28.5 Å². The molecule has 0 aromatic heterocycles. The van der Waals surface area contributed by atoms with E-state index in [4.69, 9.17) is 4.74 Å². The Balaban J connectivity index is 1.86. The smallest absolute Gasteiger partial charge is 0.244 e. The van der Waals surface area contributed by atoms with Gasteiger partial charge in [-0.05, 0) is 56.5 Å². The third-order valence-corrected chi connectivity index (χ3v) is 7.73. The van der Waals surface area contributed by atoms with Crippen LogP contribution < -0.4 is 14.4 Å². The molecule has 1 aliphatic rings. The van der Waals surface area contributed by atoms with E-state index in [1.54, 1.807) is 31.2 Å². The normalized spacial score (nSPS) is 15.1. The van der Waals surface area contributed by atoms with E-state index in [1.165, 1.54) is 18.4 Å². The first-order chi connectivity index (χ1) is 17.1. The first-order valence-corrected chi connectivity index (χ1v) is 14.2. The van der Waals surface area contributed by atoms with Gasteiger partial charge in [0.2, 0.25) is 21.8 Å². The number of rotatable bonds is 10. The monoisotopic (exact) mass is 515 g/mol. The van der Waals surface area contributed by atoms with Crippen molar-refractivity contribution in [1.29, 1.82) is 0 Å². The molecule has 0 aliphatic heterocycles. The van der Waals surface area contributed by atoms with Crippen LogP contribution in [0.1, 0.15) is 50.2 Å². The van der Waals surface area contributed by atoms with Crippen LogP contribution in [0, 0.1) is 6.92 Å². The fourth-order valence-electron chi connectivity index (χ4n) is 4.52. The van der Waals surface area contributed by atoms with Gasteiger partial charge in [-0.2, -0.15) is 0 Å². The fraction of sp³-hybridized carbons (Fsp3) is 0.481. The topological polar surface area (TPSA) is 96.0 Å². The molecule has 1 aliphatic carbocycles. The standard InChI is InChI=1S/C27H37N3O5S/c1-20-9-8-10-22(17-20)18-29(21(2)27(32)28-23-11-6-5-7-12-23)26(31)19-30(36(4,33)34)24-13-15-25(35-3)16-14-24/h8-10,13-17,21,23H,5-7,11-12,18-19H2,1-4H3,(H,28,32). The van der Waals surface area contributed by atoms with Crippen molar-refractivity contribution >= 4 is 27.5 Å². The minimum absolute atomic E-state index is 0.108. The first kappa shape index (κ1) is 27.5. The van der Waals surface area contributed by atoms with Crippen molar-refractivity contribution in [3.05, 3.63) is 59.7 Å². The molecule has 1 unspecified atom stereocenters. The van der Waals surface area contributed by atoms with Crippen molar-refractivity contribution in [1.82, 2.24) is 10.2 Å². The van der Waals surface area contributed by atoms with Crippen molar-refractivity contribution in [2.45, 2.75) is 64.6 Å². The molecule has 2 aromatic rings. The lowest BCUT2D eigenvalue weighted by Crippen LogP contribution is -2.52. The predicted molar refractivity (Wildman–Crippen MR) is 141 cm³/mol. The zero-order chi connectivity index (χ0) is 26.3. The molecule has 9 heteroatoms. The maximum absolute atomic E-state index is 13.6. The summed E-state index contributed by atoms with van der Waals surface area (Å²) in [6, 6.07) is 13.5. The minimum Gasteiger partial charge on any atom is -0.497 e. The molecular formula is C27H37N3O5S. The number of benzene rings is 2. The first-order valence-electron chi connectivity index (χ1n) is 12.4. The summed E-state index contributed by atoms with van der Waals surface area (Å²) in [4.78, 5) is 28.3. The second kappa shape index (κ2) is 12.3. The zero-order valence-corrected chi connectivity index (χ0v) is 22.4. The van der Waals surface area contributed by atoms with Crippen LogP contribution in [0.15, 0.2) is 48.5 Å². The van der Waals surface area contributed by atoms with E-state index in [1.807, 2.05) is 31.2 Å². The van der Waals surface area contributed by atoms with Crippen molar-refractivity contribution in [2.75, 3.05) is 24.2 Å². The number of aryl methyl sites for hydroxylation is 1. The van der Waals surface area contributed by atoms with Crippen molar-refractivity contribution < 1.29 is 22.7 Å². The van der Waals surface area contributed by atoms with Crippen LogP contribution in [0.4, 0.5) is 5.69 Å². The summed E-state index contributed by atoms with van der Waals surface area (Å²) in [5.74, 6) is -0.102. The summed E-state index contributed by atoms with van der Waals surface area (Å²) in [5, 5.41) is 3.10. The third-order valence-electron chi connectivity index (χ3n) is 6.59. The van der Waals surface area contributed by atoms with Crippen LogP contribution in [0.25, 0.3) is 0 Å². The molecule has 1 atom stereocenters. The molecule has 196 valence electrons. The highest BCUT2D eigenvalue weighted by molar-refractivity contribution is 7.92. The molecule has 1 saturated carbocycles. The highest BCUT2D eigenvalue weighted by Crippen LogP contribution is 2.23. The summed E-state index contributed by atoms with van der Waals surface area (Å²) in [6.45, 7) is 3.44. The number of carbonyl (C=O) groups excluding carboxylic acids is 2. The van der Waals surface area contributed by atoms with Gasteiger partial charge in [-0.1, -0.05) is 49.1 Å². The highest BCUT2D eigenvalue weighted by atomic mass is 32.2. The van der Waals surface area contributed by atoms with E-state index in [0.29, 0.717) is 11.4 Å². The number of carbonyl (C=O) groups is 2. The molecule has 0 saturated heterocycles. The number of anilines is 1. The largest absolute Gasteiger partial charge is 0.497 e. The number of hydrogen-bond acceptors (Lipinski definition) is 5. The Bertz CT molecular complexity index is 1140. The van der Waals surface area contributed by atoms with Gasteiger partial charge in [-0.25, -0.2) is 8.42 Å². The van der Waals surface area contributed by atoms with Gasteiger partial charge in [0, 0.05) is 12.6 Å². The van der Waals surface area contributed by atoms with Crippen LogP contribution in [-0.4, -0.2) is 57.1 Å². The van der Waals surface area contributed by atoms with E-state index in [9.17, 15) is 18.0 Å². The second-order valence-electron chi connectivity index (χ2n) is 9.50. The van der Waals surface area contributed by atoms with Gasteiger partial charge in [-0.3, -0.25) is 13.9 Å². The highest BCUT2D eigenvalue weighted by Gasteiger charge is 2.31. The van der Waals surface area contributed by atoms with Gasteiger partial charge < -0.3 is 15.0 Å². The molecule has 2 amide bonds. The zero-order valence-electron chi connectivity index (χ0n) is 21.6. The molecule has 0 heterocycles. The number of sulfonamides is 1. The Labute approximate surface area is 214 Å². The molecule has 0 radical (unpaired) electrons. The Hall–Kier alpha value is -3.07. The molecule has 0 spiro atoms. The van der Waals surface area contributed by atoms with Gasteiger partial charge in [0.25, 0.3) is 0 Å². The molecule has 36 heavy (non-hydrogen) atoms. The number of nitrogens with one attached hydrogen (secondary N) is 1. The number of methoxy groups -OCH3 is 1. The number of ether oxygens (including phenoxy) is 1. The Morgan fingerprint density at radius 1 is 1.08 bits per heavy atom. The van der Waals surface area contributed by atoms with Gasteiger partial charge >= 0.3 is 0 Å². The lowest BCUT2D eigenvalue weighted by Gasteiger charge is -2.33. The minimum atomic E-state index is -3.77. The van der Waals surface area contributed by atoms with Crippen molar-refractivity contribution in [3.63, 3.8) is 0 Å². The Morgan fingerprint density at radius 3 is 2.33 bits per heavy atom. The van der Waals surface area contributed by atoms with Gasteiger partial charge in [0.15, 0.2) is 0 Å². The second-order valence-corrected chi connectivity index (χ2v) is 11.4. The fourth-order valence-corrected chi connectivity index (χ4v) is 5.37. The van der Waals surface area contributed by atoms with Crippen LogP contribution in [-0.2, 0) is 26.2 Å².